The Balaban J connectivity index is 1.89. The second kappa shape index (κ2) is 6.85. The Morgan fingerprint density at radius 1 is 1.00 bits per heavy atom. The van der Waals surface area contributed by atoms with E-state index in [1.807, 2.05) is 32.0 Å². The first-order valence-corrected chi connectivity index (χ1v) is 6.86. The van der Waals surface area contributed by atoms with Gasteiger partial charge in [-0.2, -0.15) is 0 Å². The number of carbonyl (C=O) groups is 2. The van der Waals surface area contributed by atoms with E-state index in [2.05, 4.69) is 10.6 Å². The number of hydrogen-bond acceptors (Lipinski definition) is 2. The summed E-state index contributed by atoms with van der Waals surface area (Å²) in [6, 6.07) is 10.8. The Hall–Kier alpha value is -2.69. The molecular formula is C17H17FN2O2. The molecule has 0 spiro atoms. The maximum Gasteiger partial charge on any atom is 0.251 e. The second-order valence-electron chi connectivity index (χ2n) is 5.11. The Bertz CT molecular complexity index is 676. The average Bonchev–Trinajstić information content (AvgIpc) is 2.44. The number of anilines is 1. The number of benzene rings is 2. The van der Waals surface area contributed by atoms with Gasteiger partial charge in [0.2, 0.25) is 5.91 Å². The number of hydrogen-bond donors (Lipinski definition) is 2. The average molecular weight is 300 g/mol. The topological polar surface area (TPSA) is 58.2 Å². The molecule has 0 atom stereocenters. The van der Waals surface area contributed by atoms with Gasteiger partial charge in [0, 0.05) is 11.3 Å². The number of carbonyl (C=O) groups excluding carboxylic acids is 2. The fraction of sp³-hybridized carbons (Fsp3) is 0.176. The zero-order chi connectivity index (χ0) is 16.1. The predicted molar refractivity (Wildman–Crippen MR) is 83.3 cm³/mol. The largest absolute Gasteiger partial charge is 0.343 e. The van der Waals surface area contributed by atoms with Gasteiger partial charge in [0.05, 0.1) is 6.54 Å². The van der Waals surface area contributed by atoms with Crippen molar-refractivity contribution in [1.29, 1.82) is 0 Å². The molecule has 0 heterocycles. The zero-order valence-corrected chi connectivity index (χ0v) is 12.4. The van der Waals surface area contributed by atoms with Crippen molar-refractivity contribution in [3.63, 3.8) is 0 Å². The van der Waals surface area contributed by atoms with Crippen LogP contribution in [0.4, 0.5) is 10.1 Å². The van der Waals surface area contributed by atoms with Crippen molar-refractivity contribution in [2.45, 2.75) is 13.8 Å². The molecule has 4 nitrogen and oxygen atoms in total. The summed E-state index contributed by atoms with van der Waals surface area (Å²) in [7, 11) is 0. The van der Waals surface area contributed by atoms with E-state index in [1.165, 1.54) is 24.3 Å². The Kier molecular flexibility index (Phi) is 4.88. The summed E-state index contributed by atoms with van der Waals surface area (Å²) in [6.45, 7) is 3.74. The summed E-state index contributed by atoms with van der Waals surface area (Å²) >= 11 is 0. The molecule has 0 aliphatic rings. The lowest BCUT2D eigenvalue weighted by molar-refractivity contribution is -0.115. The number of halogens is 1. The van der Waals surface area contributed by atoms with Crippen molar-refractivity contribution >= 4 is 17.5 Å². The van der Waals surface area contributed by atoms with Crippen LogP contribution in [0.25, 0.3) is 0 Å². The Labute approximate surface area is 128 Å². The third-order valence-electron chi connectivity index (χ3n) is 3.02. The number of rotatable bonds is 4. The maximum absolute atomic E-state index is 12.8. The molecule has 0 saturated carbocycles. The number of amides is 2. The fourth-order valence-electron chi connectivity index (χ4n) is 2.12. The van der Waals surface area contributed by atoms with Crippen LogP contribution in [0.3, 0.4) is 0 Å². The Morgan fingerprint density at radius 2 is 1.59 bits per heavy atom. The molecule has 2 N–H and O–H groups in total. The van der Waals surface area contributed by atoms with Crippen LogP contribution in [0, 0.1) is 19.7 Å². The van der Waals surface area contributed by atoms with Crippen LogP contribution in [-0.4, -0.2) is 18.4 Å². The monoisotopic (exact) mass is 300 g/mol. The van der Waals surface area contributed by atoms with Gasteiger partial charge in [-0.05, 0) is 61.4 Å². The summed E-state index contributed by atoms with van der Waals surface area (Å²) in [5.41, 5.74) is 3.09. The standard InChI is InChI=1S/C17H17FN2O2/c1-11-7-12(2)9-15(8-11)20-16(21)10-19-17(22)13-3-5-14(18)6-4-13/h3-9H,10H2,1-2H3,(H,19,22)(H,20,21). The van der Waals surface area contributed by atoms with Crippen LogP contribution in [0.2, 0.25) is 0 Å². The van der Waals surface area contributed by atoms with Crippen LogP contribution in [0.5, 0.6) is 0 Å². The minimum Gasteiger partial charge on any atom is -0.343 e. The van der Waals surface area contributed by atoms with Crippen molar-refractivity contribution in [2.75, 3.05) is 11.9 Å². The van der Waals surface area contributed by atoms with E-state index in [0.29, 0.717) is 11.3 Å². The van der Waals surface area contributed by atoms with Gasteiger partial charge in [0.1, 0.15) is 5.82 Å². The quantitative estimate of drug-likeness (QED) is 0.912. The molecule has 114 valence electrons. The molecular weight excluding hydrogens is 283 g/mol. The summed E-state index contributed by atoms with van der Waals surface area (Å²) in [5.74, 6) is -1.15. The molecule has 0 radical (unpaired) electrons. The first-order chi connectivity index (χ1) is 10.4. The van der Waals surface area contributed by atoms with E-state index in [-0.39, 0.29) is 12.5 Å². The molecule has 0 saturated heterocycles. The highest BCUT2D eigenvalue weighted by Gasteiger charge is 2.08. The number of nitrogens with one attached hydrogen (secondary N) is 2. The fourth-order valence-corrected chi connectivity index (χ4v) is 2.12. The van der Waals surface area contributed by atoms with E-state index in [4.69, 9.17) is 0 Å². The number of aryl methyl sites for hydroxylation is 2. The minimum atomic E-state index is -0.421. The van der Waals surface area contributed by atoms with E-state index < -0.39 is 11.7 Å². The lowest BCUT2D eigenvalue weighted by Crippen LogP contribution is -2.32. The van der Waals surface area contributed by atoms with Crippen LogP contribution in [-0.2, 0) is 4.79 Å². The van der Waals surface area contributed by atoms with Gasteiger partial charge in [-0.3, -0.25) is 9.59 Å². The van der Waals surface area contributed by atoms with Crippen LogP contribution >= 0.6 is 0 Å². The van der Waals surface area contributed by atoms with Crippen LogP contribution in [0.15, 0.2) is 42.5 Å². The molecule has 2 rings (SSSR count). The third-order valence-corrected chi connectivity index (χ3v) is 3.02. The first-order valence-electron chi connectivity index (χ1n) is 6.86. The molecule has 0 aliphatic carbocycles. The van der Waals surface area contributed by atoms with E-state index >= 15 is 0 Å². The van der Waals surface area contributed by atoms with Crippen LogP contribution < -0.4 is 10.6 Å². The molecule has 5 heteroatoms. The highest BCUT2D eigenvalue weighted by molar-refractivity contribution is 5.99. The van der Waals surface area contributed by atoms with Gasteiger partial charge in [-0.25, -0.2) is 4.39 Å². The molecule has 22 heavy (non-hydrogen) atoms. The SMILES string of the molecule is Cc1cc(C)cc(NC(=O)CNC(=O)c2ccc(F)cc2)c1. The smallest absolute Gasteiger partial charge is 0.251 e. The van der Waals surface area contributed by atoms with Gasteiger partial charge in [-0.1, -0.05) is 6.07 Å². The minimum absolute atomic E-state index is 0.150. The first kappa shape index (κ1) is 15.7. The molecule has 2 amide bonds. The summed E-state index contributed by atoms with van der Waals surface area (Å²) in [4.78, 5) is 23.6. The molecule has 0 aliphatic heterocycles. The molecule has 0 unspecified atom stereocenters. The van der Waals surface area contributed by atoms with Crippen molar-refractivity contribution in [3.05, 3.63) is 65.0 Å². The van der Waals surface area contributed by atoms with Gasteiger partial charge < -0.3 is 10.6 Å². The molecule has 2 aromatic rings. The zero-order valence-electron chi connectivity index (χ0n) is 12.4. The van der Waals surface area contributed by atoms with Crippen molar-refractivity contribution in [1.82, 2.24) is 5.32 Å². The van der Waals surface area contributed by atoms with Gasteiger partial charge in [0.25, 0.3) is 5.91 Å². The molecule has 0 bridgehead atoms. The Morgan fingerprint density at radius 3 is 2.18 bits per heavy atom. The van der Waals surface area contributed by atoms with Crippen molar-refractivity contribution in [3.8, 4) is 0 Å². The van der Waals surface area contributed by atoms with Gasteiger partial charge >= 0.3 is 0 Å². The summed E-state index contributed by atoms with van der Waals surface area (Å²) in [5, 5.41) is 5.22. The highest BCUT2D eigenvalue weighted by Crippen LogP contribution is 2.13. The molecule has 0 fully saturated rings. The van der Waals surface area contributed by atoms with E-state index in [0.717, 1.165) is 11.1 Å². The summed E-state index contributed by atoms with van der Waals surface area (Å²) in [6.07, 6.45) is 0. The maximum atomic E-state index is 12.8. The van der Waals surface area contributed by atoms with Gasteiger partial charge in [-0.15, -0.1) is 0 Å². The van der Waals surface area contributed by atoms with Crippen molar-refractivity contribution < 1.29 is 14.0 Å². The predicted octanol–water partition coefficient (Wildman–Crippen LogP) is 2.81. The summed E-state index contributed by atoms with van der Waals surface area (Å²) < 4.78 is 12.8. The normalized spacial score (nSPS) is 10.1. The van der Waals surface area contributed by atoms with Crippen LogP contribution in [0.1, 0.15) is 21.5 Å². The van der Waals surface area contributed by atoms with Crippen molar-refractivity contribution in [2.24, 2.45) is 0 Å². The molecule has 2 aromatic carbocycles. The van der Waals surface area contributed by atoms with E-state index in [1.54, 1.807) is 0 Å². The second-order valence-corrected chi connectivity index (χ2v) is 5.11. The molecule has 0 aromatic heterocycles. The third kappa shape index (κ3) is 4.41. The lowest BCUT2D eigenvalue weighted by Gasteiger charge is -2.08. The van der Waals surface area contributed by atoms with Gasteiger partial charge in [0.15, 0.2) is 0 Å². The lowest BCUT2D eigenvalue weighted by atomic mass is 10.1. The highest BCUT2D eigenvalue weighted by atomic mass is 19.1. The van der Waals surface area contributed by atoms with E-state index in [9.17, 15) is 14.0 Å².